The molecule has 1 fully saturated rings. The number of likely N-dealkylation sites (N-methyl/N-ethyl adjacent to an activating group) is 1. The Morgan fingerprint density at radius 1 is 1.39 bits per heavy atom. The molecule has 2 N–H and O–H groups in total. The zero-order chi connectivity index (χ0) is 16.5. The summed E-state index contributed by atoms with van der Waals surface area (Å²) in [6.07, 6.45) is 4.39. The van der Waals surface area contributed by atoms with Crippen LogP contribution >= 0.6 is 24.0 Å². The molecular weight excluding hydrogens is 423 g/mol. The minimum absolute atomic E-state index is 0. The van der Waals surface area contributed by atoms with Gasteiger partial charge in [0.1, 0.15) is 0 Å². The van der Waals surface area contributed by atoms with E-state index in [0.29, 0.717) is 17.3 Å². The van der Waals surface area contributed by atoms with E-state index < -0.39 is 10.8 Å². The highest BCUT2D eigenvalue weighted by Crippen LogP contribution is 2.22. The Bertz CT molecular complexity index is 379. The molecule has 0 saturated heterocycles. The summed E-state index contributed by atoms with van der Waals surface area (Å²) in [5, 5.41) is 7.23. The molecule has 7 heteroatoms. The quantitative estimate of drug-likeness (QED) is 0.349. The van der Waals surface area contributed by atoms with Crippen molar-refractivity contribution in [1.82, 2.24) is 15.5 Å². The smallest absolute Gasteiger partial charge is 0.191 e. The van der Waals surface area contributed by atoms with Gasteiger partial charge in [0.2, 0.25) is 0 Å². The number of nitrogens with zero attached hydrogens (tertiary/aromatic N) is 2. The zero-order valence-corrected chi connectivity index (χ0v) is 18.4. The van der Waals surface area contributed by atoms with E-state index in [2.05, 4.69) is 41.4 Å². The van der Waals surface area contributed by atoms with Gasteiger partial charge in [-0.3, -0.25) is 9.20 Å². The van der Waals surface area contributed by atoms with E-state index >= 15 is 0 Å². The second kappa shape index (κ2) is 12.5. The molecule has 1 aliphatic carbocycles. The predicted octanol–water partition coefficient (Wildman–Crippen LogP) is 2.19. The van der Waals surface area contributed by atoms with Gasteiger partial charge in [0, 0.05) is 54.0 Å². The van der Waals surface area contributed by atoms with E-state index in [9.17, 15) is 4.21 Å². The first-order chi connectivity index (χ1) is 10.5. The Hall–Kier alpha value is 0.110. The summed E-state index contributed by atoms with van der Waals surface area (Å²) in [4.78, 5) is 6.62. The molecule has 0 heterocycles. The third kappa shape index (κ3) is 8.67. The highest BCUT2D eigenvalue weighted by Gasteiger charge is 2.25. The second-order valence-electron chi connectivity index (χ2n) is 6.37. The maximum Gasteiger partial charge on any atom is 0.191 e. The van der Waals surface area contributed by atoms with Gasteiger partial charge in [-0.1, -0.05) is 13.3 Å². The van der Waals surface area contributed by atoms with Crippen LogP contribution in [-0.4, -0.2) is 65.3 Å². The molecular formula is C16H35IN4OS. The van der Waals surface area contributed by atoms with Crippen LogP contribution < -0.4 is 10.6 Å². The average molecular weight is 458 g/mol. The molecule has 0 aromatic heterocycles. The monoisotopic (exact) mass is 458 g/mol. The van der Waals surface area contributed by atoms with Crippen molar-refractivity contribution in [3.8, 4) is 0 Å². The summed E-state index contributed by atoms with van der Waals surface area (Å²) in [5.41, 5.74) is 0. The number of aliphatic imine (C=N–C) groups is 1. The van der Waals surface area contributed by atoms with Gasteiger partial charge >= 0.3 is 0 Å². The van der Waals surface area contributed by atoms with Crippen LogP contribution in [0, 0.1) is 0 Å². The number of halogens is 1. The Kier molecular flexibility index (Phi) is 12.5. The maximum absolute atomic E-state index is 12.0. The Morgan fingerprint density at radius 3 is 2.65 bits per heavy atom. The Morgan fingerprint density at radius 2 is 2.09 bits per heavy atom. The van der Waals surface area contributed by atoms with Gasteiger partial charge in [0.05, 0.1) is 0 Å². The van der Waals surface area contributed by atoms with Crippen LogP contribution in [-0.2, 0) is 10.8 Å². The highest BCUT2D eigenvalue weighted by molar-refractivity contribution is 14.0. The molecule has 0 bridgehead atoms. The van der Waals surface area contributed by atoms with E-state index in [1.807, 2.05) is 14.0 Å². The Labute approximate surface area is 161 Å². The molecule has 0 aromatic rings. The number of rotatable bonds is 7. The summed E-state index contributed by atoms with van der Waals surface area (Å²) in [6, 6.07) is 0.947. The first-order valence-electron chi connectivity index (χ1n) is 8.52. The minimum Gasteiger partial charge on any atom is -0.355 e. The molecule has 1 saturated carbocycles. The van der Waals surface area contributed by atoms with E-state index in [-0.39, 0.29) is 24.0 Å². The summed E-state index contributed by atoms with van der Waals surface area (Å²) in [6.45, 7) is 8.28. The molecule has 3 atom stereocenters. The van der Waals surface area contributed by atoms with Crippen molar-refractivity contribution in [3.63, 3.8) is 0 Å². The second-order valence-corrected chi connectivity index (χ2v) is 8.38. The molecule has 0 spiro atoms. The molecule has 0 amide bonds. The van der Waals surface area contributed by atoms with Crippen molar-refractivity contribution in [2.75, 3.05) is 32.9 Å². The van der Waals surface area contributed by atoms with Crippen molar-refractivity contribution < 1.29 is 4.21 Å². The topological polar surface area (TPSA) is 56.7 Å². The first-order valence-corrected chi connectivity index (χ1v) is 9.90. The lowest BCUT2D eigenvalue weighted by atomic mass is 9.95. The number of guanidine groups is 1. The number of hydrogen-bond donors (Lipinski definition) is 2. The van der Waals surface area contributed by atoms with Crippen molar-refractivity contribution in [2.24, 2.45) is 4.99 Å². The zero-order valence-electron chi connectivity index (χ0n) is 15.3. The average Bonchev–Trinajstić information content (AvgIpc) is 2.53. The summed E-state index contributed by atoms with van der Waals surface area (Å²) in [7, 11) is 3.27. The standard InChI is InChI=1S/C16H34N4OS.HI/c1-6-22(21)15-9-7-8-14(12-15)19-16(17-4)18-10-11-20(5)13(2)3;/h13-15H,6-12H2,1-5H3,(H2,17,18,19);1H. The molecule has 23 heavy (non-hydrogen) atoms. The van der Waals surface area contributed by atoms with Gasteiger partial charge in [-0.05, 0) is 40.2 Å². The lowest BCUT2D eigenvalue weighted by Gasteiger charge is -2.30. The highest BCUT2D eigenvalue weighted by atomic mass is 127. The van der Waals surface area contributed by atoms with Crippen LogP contribution in [0.4, 0.5) is 0 Å². The van der Waals surface area contributed by atoms with Crippen molar-refractivity contribution in [1.29, 1.82) is 0 Å². The summed E-state index contributed by atoms with van der Waals surface area (Å²) in [5.74, 6) is 1.64. The first kappa shape index (κ1) is 23.1. The fourth-order valence-corrected chi connectivity index (χ4v) is 4.10. The third-order valence-electron chi connectivity index (χ3n) is 4.49. The molecule has 0 aliphatic heterocycles. The van der Waals surface area contributed by atoms with Gasteiger partial charge in [0.15, 0.2) is 5.96 Å². The van der Waals surface area contributed by atoms with Gasteiger partial charge in [-0.15, -0.1) is 24.0 Å². The van der Waals surface area contributed by atoms with Gasteiger partial charge < -0.3 is 15.5 Å². The third-order valence-corrected chi connectivity index (χ3v) is 6.23. The number of nitrogens with one attached hydrogen (secondary N) is 2. The number of hydrogen-bond acceptors (Lipinski definition) is 3. The lowest BCUT2D eigenvalue weighted by molar-refractivity contribution is 0.277. The molecule has 1 rings (SSSR count). The molecule has 138 valence electrons. The summed E-state index contributed by atoms with van der Waals surface area (Å²) < 4.78 is 12.0. The van der Waals surface area contributed by atoms with Crippen LogP contribution in [0.2, 0.25) is 0 Å². The van der Waals surface area contributed by atoms with Gasteiger partial charge in [-0.25, -0.2) is 0 Å². The molecule has 1 aliphatic rings. The Balaban J connectivity index is 0.00000484. The molecule has 0 radical (unpaired) electrons. The van der Waals surface area contributed by atoms with Gasteiger partial charge in [0.25, 0.3) is 0 Å². The molecule has 5 nitrogen and oxygen atoms in total. The summed E-state index contributed by atoms with van der Waals surface area (Å²) >= 11 is 0. The fourth-order valence-electron chi connectivity index (χ4n) is 2.75. The largest absolute Gasteiger partial charge is 0.355 e. The predicted molar refractivity (Wildman–Crippen MR) is 112 cm³/mol. The van der Waals surface area contributed by atoms with Crippen LogP contribution in [0.3, 0.4) is 0 Å². The van der Waals surface area contributed by atoms with Crippen LogP contribution in [0.1, 0.15) is 46.5 Å². The van der Waals surface area contributed by atoms with Crippen molar-refractivity contribution in [2.45, 2.75) is 63.8 Å². The van der Waals surface area contributed by atoms with E-state index in [4.69, 9.17) is 0 Å². The van der Waals surface area contributed by atoms with Crippen molar-refractivity contribution in [3.05, 3.63) is 0 Å². The van der Waals surface area contributed by atoms with Crippen molar-refractivity contribution >= 4 is 40.7 Å². The SMILES string of the molecule is CCS(=O)C1CCCC(NC(=NC)NCCN(C)C(C)C)C1.I. The van der Waals surface area contributed by atoms with E-state index in [1.165, 1.54) is 0 Å². The fraction of sp³-hybridized carbons (Fsp3) is 0.938. The van der Waals surface area contributed by atoms with Crippen LogP contribution in [0.25, 0.3) is 0 Å². The molecule has 3 unspecified atom stereocenters. The normalized spacial score (nSPS) is 23.5. The van der Waals surface area contributed by atoms with Crippen LogP contribution in [0.15, 0.2) is 4.99 Å². The molecule has 0 aromatic carbocycles. The van der Waals surface area contributed by atoms with Crippen LogP contribution in [0.5, 0.6) is 0 Å². The van der Waals surface area contributed by atoms with E-state index in [1.54, 1.807) is 0 Å². The van der Waals surface area contributed by atoms with Gasteiger partial charge in [-0.2, -0.15) is 0 Å². The van der Waals surface area contributed by atoms with E-state index in [0.717, 1.165) is 50.5 Å². The lowest BCUT2D eigenvalue weighted by Crippen LogP contribution is -2.48. The maximum atomic E-state index is 12.0. The minimum atomic E-state index is -0.675.